The minimum atomic E-state index is -0.206. The van der Waals surface area contributed by atoms with Gasteiger partial charge in [-0.15, -0.1) is 0 Å². The van der Waals surface area contributed by atoms with E-state index in [1.165, 1.54) is 32.1 Å². The Labute approximate surface area is 106 Å². The molecule has 0 aromatic heterocycles. The molecule has 0 radical (unpaired) electrons. The van der Waals surface area contributed by atoms with Crippen LogP contribution in [0.2, 0.25) is 0 Å². The van der Waals surface area contributed by atoms with Crippen molar-refractivity contribution in [2.24, 2.45) is 17.6 Å². The van der Waals surface area contributed by atoms with Gasteiger partial charge >= 0.3 is 0 Å². The molecule has 17 heavy (non-hydrogen) atoms. The van der Waals surface area contributed by atoms with Gasteiger partial charge < -0.3 is 11.1 Å². The Morgan fingerprint density at radius 2 is 2.12 bits per heavy atom. The maximum atomic E-state index is 11.3. The molecule has 0 unspecified atom stereocenters. The first kappa shape index (κ1) is 14.5. The molecule has 1 amide bonds. The van der Waals surface area contributed by atoms with Crippen LogP contribution < -0.4 is 11.1 Å². The molecule has 0 aromatic rings. The van der Waals surface area contributed by atoms with Crippen molar-refractivity contribution < 1.29 is 4.79 Å². The minimum Gasteiger partial charge on any atom is -0.368 e. The van der Waals surface area contributed by atoms with E-state index in [-0.39, 0.29) is 11.9 Å². The average Bonchev–Trinajstić information content (AvgIpc) is 2.69. The fourth-order valence-electron chi connectivity index (χ4n) is 2.81. The van der Waals surface area contributed by atoms with Gasteiger partial charge in [0.25, 0.3) is 0 Å². The zero-order valence-corrected chi connectivity index (χ0v) is 11.5. The molecule has 0 aromatic carbocycles. The minimum absolute atomic E-state index is 0.139. The lowest BCUT2D eigenvalue weighted by atomic mass is 9.93. The van der Waals surface area contributed by atoms with Crippen molar-refractivity contribution in [3.63, 3.8) is 0 Å². The summed E-state index contributed by atoms with van der Waals surface area (Å²) in [5, 5.41) is 3.46. The van der Waals surface area contributed by atoms with Crippen LogP contribution in [0.3, 0.4) is 0 Å². The first-order chi connectivity index (χ1) is 8.04. The molecule has 3 atom stereocenters. The molecule has 1 fully saturated rings. The predicted octanol–water partition coefficient (Wildman–Crippen LogP) is 2.44. The Morgan fingerprint density at radius 3 is 2.65 bits per heavy atom. The molecule has 0 aliphatic heterocycles. The molecule has 1 saturated carbocycles. The molecule has 3 heteroatoms. The number of nitrogens with one attached hydrogen (secondary N) is 1. The van der Waals surface area contributed by atoms with Gasteiger partial charge in [-0.2, -0.15) is 0 Å². The van der Waals surface area contributed by atoms with E-state index in [9.17, 15) is 4.79 Å². The van der Waals surface area contributed by atoms with E-state index < -0.39 is 0 Å². The Kier molecular flexibility index (Phi) is 5.96. The maximum absolute atomic E-state index is 11.3. The third-order valence-corrected chi connectivity index (χ3v) is 3.94. The highest BCUT2D eigenvalue weighted by Gasteiger charge is 2.29. The molecule has 0 heterocycles. The summed E-state index contributed by atoms with van der Waals surface area (Å²) >= 11 is 0. The maximum Gasteiger partial charge on any atom is 0.234 e. The molecule has 0 saturated heterocycles. The van der Waals surface area contributed by atoms with Crippen molar-refractivity contribution in [1.29, 1.82) is 0 Å². The second kappa shape index (κ2) is 7.00. The molecule has 1 aliphatic rings. The van der Waals surface area contributed by atoms with Gasteiger partial charge in [-0.1, -0.05) is 33.6 Å². The summed E-state index contributed by atoms with van der Waals surface area (Å²) in [6.07, 6.45) is 7.16. The molecule has 100 valence electrons. The smallest absolute Gasteiger partial charge is 0.234 e. The molecule has 0 bridgehead atoms. The highest BCUT2D eigenvalue weighted by Crippen LogP contribution is 2.31. The molecule has 3 N–H and O–H groups in total. The third kappa shape index (κ3) is 4.66. The van der Waals surface area contributed by atoms with Gasteiger partial charge in [-0.3, -0.25) is 4.79 Å². The van der Waals surface area contributed by atoms with E-state index in [4.69, 9.17) is 5.73 Å². The standard InChI is InChI=1S/C14H28N2O/c1-4-12(14(15)17)16-13-7-5-6-11(13)9-8-10(2)3/h10-13,16H,4-9H2,1-3H3,(H2,15,17)/t11-,12-,13-/m0/s1. The number of primary amides is 1. The quantitative estimate of drug-likeness (QED) is 0.718. The van der Waals surface area contributed by atoms with E-state index in [0.717, 1.165) is 18.3 Å². The summed E-state index contributed by atoms with van der Waals surface area (Å²) < 4.78 is 0. The zero-order chi connectivity index (χ0) is 12.8. The van der Waals surface area contributed by atoms with Crippen LogP contribution >= 0.6 is 0 Å². The van der Waals surface area contributed by atoms with Gasteiger partial charge in [0.2, 0.25) is 5.91 Å². The lowest BCUT2D eigenvalue weighted by Crippen LogP contribution is -2.47. The Bertz CT molecular complexity index is 240. The van der Waals surface area contributed by atoms with Crippen molar-refractivity contribution in [2.75, 3.05) is 0 Å². The normalized spacial score (nSPS) is 26.4. The van der Waals surface area contributed by atoms with E-state index >= 15 is 0 Å². The van der Waals surface area contributed by atoms with Gasteiger partial charge in [-0.25, -0.2) is 0 Å². The largest absolute Gasteiger partial charge is 0.368 e. The van der Waals surface area contributed by atoms with Gasteiger partial charge in [0, 0.05) is 6.04 Å². The molecule has 1 rings (SSSR count). The van der Waals surface area contributed by atoms with Crippen LogP contribution in [0.1, 0.15) is 59.3 Å². The number of carbonyl (C=O) groups excluding carboxylic acids is 1. The van der Waals surface area contributed by atoms with Crippen molar-refractivity contribution in [3.8, 4) is 0 Å². The number of hydrogen-bond donors (Lipinski definition) is 2. The van der Waals surface area contributed by atoms with Crippen LogP contribution in [0, 0.1) is 11.8 Å². The van der Waals surface area contributed by atoms with Crippen molar-refractivity contribution in [2.45, 2.75) is 71.4 Å². The van der Waals surface area contributed by atoms with Crippen LogP contribution in [0.4, 0.5) is 0 Å². The third-order valence-electron chi connectivity index (χ3n) is 3.94. The number of carbonyl (C=O) groups is 1. The molecular weight excluding hydrogens is 212 g/mol. The van der Waals surface area contributed by atoms with Gasteiger partial charge in [-0.05, 0) is 37.5 Å². The molecule has 3 nitrogen and oxygen atoms in total. The summed E-state index contributed by atoms with van der Waals surface area (Å²) in [4.78, 5) is 11.3. The summed E-state index contributed by atoms with van der Waals surface area (Å²) in [6.45, 7) is 6.56. The number of hydrogen-bond acceptors (Lipinski definition) is 2. The Balaban J connectivity index is 2.42. The zero-order valence-electron chi connectivity index (χ0n) is 11.5. The van der Waals surface area contributed by atoms with Crippen molar-refractivity contribution in [3.05, 3.63) is 0 Å². The highest BCUT2D eigenvalue weighted by atomic mass is 16.1. The predicted molar refractivity (Wildman–Crippen MR) is 71.6 cm³/mol. The lowest BCUT2D eigenvalue weighted by Gasteiger charge is -2.25. The first-order valence-electron chi connectivity index (χ1n) is 7.10. The summed E-state index contributed by atoms with van der Waals surface area (Å²) in [6, 6.07) is 0.367. The van der Waals surface area contributed by atoms with Crippen molar-refractivity contribution >= 4 is 5.91 Å². The SMILES string of the molecule is CC[C@H](N[C@H]1CCC[C@H]1CCC(C)C)C(N)=O. The lowest BCUT2D eigenvalue weighted by molar-refractivity contribution is -0.120. The van der Waals surface area contributed by atoms with E-state index in [1.807, 2.05) is 6.92 Å². The van der Waals surface area contributed by atoms with Gasteiger partial charge in [0.1, 0.15) is 0 Å². The van der Waals surface area contributed by atoms with Gasteiger partial charge in [0.05, 0.1) is 6.04 Å². The fourth-order valence-corrected chi connectivity index (χ4v) is 2.81. The first-order valence-corrected chi connectivity index (χ1v) is 7.10. The van der Waals surface area contributed by atoms with Crippen LogP contribution in [0.5, 0.6) is 0 Å². The van der Waals surface area contributed by atoms with Crippen molar-refractivity contribution in [1.82, 2.24) is 5.32 Å². The summed E-state index contributed by atoms with van der Waals surface area (Å²) in [5.41, 5.74) is 5.39. The fraction of sp³-hybridized carbons (Fsp3) is 0.929. The second-order valence-corrected chi connectivity index (χ2v) is 5.80. The average molecular weight is 240 g/mol. The van der Waals surface area contributed by atoms with E-state index in [0.29, 0.717) is 6.04 Å². The number of rotatable bonds is 7. The monoisotopic (exact) mass is 240 g/mol. The molecule has 0 spiro atoms. The summed E-state index contributed by atoms with van der Waals surface area (Å²) in [7, 11) is 0. The topological polar surface area (TPSA) is 55.1 Å². The van der Waals surface area contributed by atoms with Crippen LogP contribution in [-0.4, -0.2) is 18.0 Å². The van der Waals surface area contributed by atoms with Crippen LogP contribution in [0.25, 0.3) is 0 Å². The molecular formula is C14H28N2O. The van der Waals surface area contributed by atoms with Crippen LogP contribution in [-0.2, 0) is 4.79 Å². The summed E-state index contributed by atoms with van der Waals surface area (Å²) in [5.74, 6) is 1.31. The van der Waals surface area contributed by atoms with Gasteiger partial charge in [0.15, 0.2) is 0 Å². The Morgan fingerprint density at radius 1 is 1.41 bits per heavy atom. The number of amides is 1. The van der Waals surface area contributed by atoms with Crippen LogP contribution in [0.15, 0.2) is 0 Å². The van der Waals surface area contributed by atoms with E-state index in [2.05, 4.69) is 19.2 Å². The Hall–Kier alpha value is -0.570. The molecule has 1 aliphatic carbocycles. The highest BCUT2D eigenvalue weighted by molar-refractivity contribution is 5.79. The second-order valence-electron chi connectivity index (χ2n) is 5.80. The number of nitrogens with two attached hydrogens (primary N) is 1. The van der Waals surface area contributed by atoms with E-state index in [1.54, 1.807) is 0 Å².